The van der Waals surface area contributed by atoms with Crippen LogP contribution >= 0.6 is 0 Å². The van der Waals surface area contributed by atoms with Crippen LogP contribution < -0.4 is 15.5 Å². The summed E-state index contributed by atoms with van der Waals surface area (Å²) in [5, 5.41) is 5.23. The van der Waals surface area contributed by atoms with Crippen molar-refractivity contribution in [2.24, 2.45) is 0 Å². The number of halogens is 1. The number of nitrogens with one attached hydrogen (secondary N) is 2. The minimum atomic E-state index is -1.25. The van der Waals surface area contributed by atoms with Crippen LogP contribution in [0.1, 0.15) is 18.1 Å². The number of benzene rings is 2. The second-order valence-electron chi connectivity index (χ2n) is 8.13. The van der Waals surface area contributed by atoms with E-state index in [2.05, 4.69) is 10.6 Å². The number of nitrogens with zero attached hydrogens (tertiary/aromatic N) is 2. The Morgan fingerprint density at radius 3 is 2.50 bits per heavy atom. The molecule has 9 heteroatoms. The second-order valence-corrected chi connectivity index (χ2v) is 8.13. The molecule has 2 aliphatic heterocycles. The molecule has 2 saturated heterocycles. The molecule has 0 spiro atoms. The highest BCUT2D eigenvalue weighted by molar-refractivity contribution is 6.10. The number of carbonyl (C=O) groups is 3. The molecule has 1 atom stereocenters. The second kappa shape index (κ2) is 8.58. The molecule has 2 N–H and O–H groups in total. The molecule has 0 aromatic heterocycles. The van der Waals surface area contributed by atoms with Gasteiger partial charge in [0.25, 0.3) is 5.91 Å². The maximum Gasteiger partial charge on any atom is 0.325 e. The zero-order chi connectivity index (χ0) is 22.9. The van der Waals surface area contributed by atoms with E-state index in [0.29, 0.717) is 37.6 Å². The van der Waals surface area contributed by atoms with Gasteiger partial charge in [-0.15, -0.1) is 0 Å². The number of aryl methyl sites for hydroxylation is 1. The van der Waals surface area contributed by atoms with Crippen molar-refractivity contribution in [3.05, 3.63) is 59.4 Å². The number of urea groups is 1. The first-order valence-corrected chi connectivity index (χ1v) is 10.4. The molecular formula is C23H25FN4O4. The number of hydrogen-bond donors (Lipinski definition) is 2. The van der Waals surface area contributed by atoms with Crippen LogP contribution in [0.2, 0.25) is 0 Å². The third kappa shape index (κ3) is 4.16. The fourth-order valence-corrected chi connectivity index (χ4v) is 3.91. The minimum Gasteiger partial charge on any atom is -0.378 e. The monoisotopic (exact) mass is 440 g/mol. The van der Waals surface area contributed by atoms with Gasteiger partial charge in [0.2, 0.25) is 5.91 Å². The Hall–Kier alpha value is -3.46. The quantitative estimate of drug-likeness (QED) is 0.697. The largest absolute Gasteiger partial charge is 0.378 e. The van der Waals surface area contributed by atoms with Crippen LogP contribution in [0.5, 0.6) is 0 Å². The predicted octanol–water partition coefficient (Wildman–Crippen LogP) is 2.38. The van der Waals surface area contributed by atoms with Crippen LogP contribution in [-0.2, 0) is 19.9 Å². The van der Waals surface area contributed by atoms with Crippen LogP contribution in [0.15, 0.2) is 42.5 Å². The average Bonchev–Trinajstić information content (AvgIpc) is 2.98. The maximum absolute atomic E-state index is 14.6. The molecular weight excluding hydrogens is 415 g/mol. The van der Waals surface area contributed by atoms with Crippen molar-refractivity contribution in [2.45, 2.75) is 19.4 Å². The van der Waals surface area contributed by atoms with E-state index >= 15 is 0 Å². The van der Waals surface area contributed by atoms with Crippen molar-refractivity contribution in [2.75, 3.05) is 43.1 Å². The molecule has 0 radical (unpaired) electrons. The molecule has 8 nitrogen and oxygen atoms in total. The van der Waals surface area contributed by atoms with E-state index in [1.165, 1.54) is 6.07 Å². The van der Waals surface area contributed by atoms with E-state index < -0.39 is 35.7 Å². The average molecular weight is 440 g/mol. The molecule has 4 amide bonds. The van der Waals surface area contributed by atoms with Crippen molar-refractivity contribution < 1.29 is 23.5 Å². The topological polar surface area (TPSA) is 91.0 Å². The van der Waals surface area contributed by atoms with Crippen molar-refractivity contribution in [1.29, 1.82) is 0 Å². The van der Waals surface area contributed by atoms with Gasteiger partial charge in [-0.25, -0.2) is 9.18 Å². The number of hydrogen-bond acceptors (Lipinski definition) is 5. The van der Waals surface area contributed by atoms with Crippen molar-refractivity contribution >= 4 is 29.2 Å². The van der Waals surface area contributed by atoms with Gasteiger partial charge in [0.1, 0.15) is 17.9 Å². The summed E-state index contributed by atoms with van der Waals surface area (Å²) in [5.41, 5.74) is 1.09. The highest BCUT2D eigenvalue weighted by Crippen LogP contribution is 2.29. The third-order valence-corrected chi connectivity index (χ3v) is 5.79. The number of morpholine rings is 1. The number of amides is 4. The lowest BCUT2D eigenvalue weighted by atomic mass is 9.91. The smallest absolute Gasteiger partial charge is 0.325 e. The summed E-state index contributed by atoms with van der Waals surface area (Å²) >= 11 is 0. The molecule has 0 aliphatic carbocycles. The predicted molar refractivity (Wildman–Crippen MR) is 117 cm³/mol. The summed E-state index contributed by atoms with van der Waals surface area (Å²) in [6, 6.07) is 11.0. The van der Waals surface area contributed by atoms with Gasteiger partial charge in [-0.1, -0.05) is 29.8 Å². The highest BCUT2D eigenvalue weighted by Gasteiger charge is 2.49. The molecule has 2 fully saturated rings. The van der Waals surface area contributed by atoms with Gasteiger partial charge in [0, 0.05) is 18.8 Å². The van der Waals surface area contributed by atoms with Crippen molar-refractivity contribution in [3.8, 4) is 0 Å². The van der Waals surface area contributed by atoms with E-state index in [1.54, 1.807) is 31.2 Å². The van der Waals surface area contributed by atoms with Crippen LogP contribution in [-0.4, -0.2) is 55.6 Å². The molecule has 168 valence electrons. The van der Waals surface area contributed by atoms with Gasteiger partial charge in [-0.05, 0) is 37.6 Å². The Balaban J connectivity index is 1.42. The van der Waals surface area contributed by atoms with Gasteiger partial charge in [-0.2, -0.15) is 0 Å². The van der Waals surface area contributed by atoms with Gasteiger partial charge in [0.15, 0.2) is 0 Å². The summed E-state index contributed by atoms with van der Waals surface area (Å²) in [6.45, 7) is 5.31. The normalized spacial score (nSPS) is 21.0. The fourth-order valence-electron chi connectivity index (χ4n) is 3.91. The molecule has 2 aromatic rings. The summed E-state index contributed by atoms with van der Waals surface area (Å²) in [4.78, 5) is 40.7. The number of anilines is 2. The third-order valence-electron chi connectivity index (χ3n) is 5.79. The zero-order valence-electron chi connectivity index (χ0n) is 18.0. The summed E-state index contributed by atoms with van der Waals surface area (Å²) < 4.78 is 19.8. The molecule has 4 rings (SSSR count). The molecule has 1 unspecified atom stereocenters. The van der Waals surface area contributed by atoms with Crippen molar-refractivity contribution in [3.63, 3.8) is 0 Å². The Morgan fingerprint density at radius 1 is 1.16 bits per heavy atom. The van der Waals surface area contributed by atoms with Gasteiger partial charge in [-0.3, -0.25) is 14.5 Å². The number of ether oxygens (including phenoxy) is 1. The van der Waals surface area contributed by atoms with Gasteiger partial charge in [0.05, 0.1) is 18.9 Å². The number of rotatable bonds is 5. The van der Waals surface area contributed by atoms with E-state index in [-0.39, 0.29) is 5.69 Å². The minimum absolute atomic E-state index is 0.248. The summed E-state index contributed by atoms with van der Waals surface area (Å²) in [5.74, 6) is -1.58. The Bertz CT molecular complexity index is 1050. The van der Waals surface area contributed by atoms with Crippen LogP contribution in [0.25, 0.3) is 0 Å². The molecule has 2 aromatic carbocycles. The first kappa shape index (κ1) is 21.8. The van der Waals surface area contributed by atoms with E-state index in [1.807, 2.05) is 24.0 Å². The molecule has 0 bridgehead atoms. The lowest BCUT2D eigenvalue weighted by Crippen LogP contribution is -2.42. The maximum atomic E-state index is 14.6. The summed E-state index contributed by atoms with van der Waals surface area (Å²) in [6.07, 6.45) is 0. The van der Waals surface area contributed by atoms with Crippen molar-refractivity contribution in [1.82, 2.24) is 10.2 Å². The standard InChI is InChI=1S/C23H25FN4O4/c1-15-3-5-16(6-4-15)23(2)21(30)28(22(31)26-23)14-20(29)25-17-7-8-19(18(24)13-17)27-9-11-32-12-10-27/h3-8,13H,9-12,14H2,1-2H3,(H,25,29)(H,26,31). The summed E-state index contributed by atoms with van der Waals surface area (Å²) in [7, 11) is 0. The first-order chi connectivity index (χ1) is 15.3. The van der Waals surface area contributed by atoms with E-state index in [4.69, 9.17) is 4.74 Å². The van der Waals surface area contributed by atoms with Crippen LogP contribution in [0, 0.1) is 12.7 Å². The number of imide groups is 1. The molecule has 2 aliphatic rings. The SMILES string of the molecule is Cc1ccc(C2(C)NC(=O)N(CC(=O)Nc3ccc(N4CCOCC4)c(F)c3)C2=O)cc1. The van der Waals surface area contributed by atoms with Gasteiger partial charge < -0.3 is 20.3 Å². The lowest BCUT2D eigenvalue weighted by Gasteiger charge is -2.29. The molecule has 0 saturated carbocycles. The van der Waals surface area contributed by atoms with Crippen LogP contribution in [0.3, 0.4) is 0 Å². The van der Waals surface area contributed by atoms with E-state index in [0.717, 1.165) is 10.5 Å². The number of carbonyl (C=O) groups excluding carboxylic acids is 3. The molecule has 2 heterocycles. The molecule has 32 heavy (non-hydrogen) atoms. The van der Waals surface area contributed by atoms with E-state index in [9.17, 15) is 18.8 Å². The Labute approximate surface area is 185 Å². The first-order valence-electron chi connectivity index (χ1n) is 10.4. The Morgan fingerprint density at radius 2 is 1.84 bits per heavy atom. The highest BCUT2D eigenvalue weighted by atomic mass is 19.1. The lowest BCUT2D eigenvalue weighted by molar-refractivity contribution is -0.133. The van der Waals surface area contributed by atoms with Crippen LogP contribution in [0.4, 0.5) is 20.6 Å². The fraction of sp³-hybridized carbons (Fsp3) is 0.348. The zero-order valence-corrected chi connectivity index (χ0v) is 18.0. The Kier molecular flexibility index (Phi) is 5.84. The van der Waals surface area contributed by atoms with Gasteiger partial charge >= 0.3 is 6.03 Å².